The van der Waals surface area contributed by atoms with Gasteiger partial charge in [-0.2, -0.15) is 4.31 Å². The minimum Gasteiger partial charge on any atom is -0.493 e. The molecular formula is C20H21NO5S. The molecule has 142 valence electrons. The van der Waals surface area contributed by atoms with E-state index in [2.05, 4.69) is 10.8 Å². The highest BCUT2D eigenvalue weighted by atomic mass is 32.2. The lowest BCUT2D eigenvalue weighted by atomic mass is 9.96. The predicted molar refractivity (Wildman–Crippen MR) is 99.5 cm³/mol. The Morgan fingerprint density at radius 1 is 1.19 bits per heavy atom. The number of methoxy groups -OCH3 is 1. The van der Waals surface area contributed by atoms with Crippen LogP contribution in [0.3, 0.4) is 0 Å². The molecule has 1 saturated heterocycles. The molecule has 2 aromatic rings. The molecule has 0 saturated carbocycles. The number of fused-ring (bicyclic) bond motifs is 1. The van der Waals surface area contributed by atoms with E-state index >= 15 is 0 Å². The van der Waals surface area contributed by atoms with Crippen LogP contribution in [0.4, 0.5) is 0 Å². The van der Waals surface area contributed by atoms with Crippen molar-refractivity contribution in [2.24, 2.45) is 0 Å². The molecule has 0 radical (unpaired) electrons. The Hall–Kier alpha value is -2.38. The van der Waals surface area contributed by atoms with Crippen molar-refractivity contribution in [3.8, 4) is 5.75 Å². The molecule has 0 spiro atoms. The van der Waals surface area contributed by atoms with Crippen molar-refractivity contribution < 1.29 is 22.7 Å². The summed E-state index contributed by atoms with van der Waals surface area (Å²) in [5.74, 6) is 0.632. The maximum atomic E-state index is 12.9. The van der Waals surface area contributed by atoms with Crippen molar-refractivity contribution in [3.63, 3.8) is 0 Å². The van der Waals surface area contributed by atoms with E-state index in [1.807, 2.05) is 12.1 Å². The van der Waals surface area contributed by atoms with Crippen LogP contribution < -0.4 is 4.74 Å². The monoisotopic (exact) mass is 387 g/mol. The van der Waals surface area contributed by atoms with Crippen LogP contribution in [0, 0.1) is 0 Å². The third-order valence-electron chi connectivity index (χ3n) is 5.25. The highest BCUT2D eigenvalue weighted by Gasteiger charge is 2.33. The van der Waals surface area contributed by atoms with E-state index in [0.717, 1.165) is 24.2 Å². The lowest BCUT2D eigenvalue weighted by molar-refractivity contribution is 0.0600. The van der Waals surface area contributed by atoms with Crippen LogP contribution in [0.15, 0.2) is 47.4 Å². The molecule has 2 aliphatic heterocycles. The van der Waals surface area contributed by atoms with Gasteiger partial charge in [0.15, 0.2) is 0 Å². The Morgan fingerprint density at radius 3 is 2.70 bits per heavy atom. The zero-order valence-electron chi connectivity index (χ0n) is 15.1. The van der Waals surface area contributed by atoms with Crippen LogP contribution in [0.25, 0.3) is 0 Å². The number of hydrogen-bond donors (Lipinski definition) is 0. The van der Waals surface area contributed by atoms with Crippen LogP contribution in [-0.2, 0) is 21.2 Å². The fourth-order valence-corrected chi connectivity index (χ4v) is 5.21. The van der Waals surface area contributed by atoms with Crippen molar-refractivity contribution >= 4 is 16.0 Å². The normalized spacial score (nSPS) is 19.5. The summed E-state index contributed by atoms with van der Waals surface area (Å²) in [4.78, 5) is 11.7. The molecule has 2 aromatic carbocycles. The zero-order valence-corrected chi connectivity index (χ0v) is 15.9. The lowest BCUT2D eigenvalue weighted by Gasteiger charge is -2.17. The molecule has 0 aromatic heterocycles. The maximum absolute atomic E-state index is 12.9. The van der Waals surface area contributed by atoms with Crippen LogP contribution in [0.5, 0.6) is 5.75 Å². The van der Waals surface area contributed by atoms with Gasteiger partial charge >= 0.3 is 5.97 Å². The van der Waals surface area contributed by atoms with Gasteiger partial charge in [0.1, 0.15) is 5.75 Å². The molecule has 6 nitrogen and oxygen atoms in total. The van der Waals surface area contributed by atoms with Gasteiger partial charge in [0.2, 0.25) is 10.0 Å². The lowest BCUT2D eigenvalue weighted by Crippen LogP contribution is -2.28. The van der Waals surface area contributed by atoms with Gasteiger partial charge in [-0.3, -0.25) is 0 Å². The van der Waals surface area contributed by atoms with Gasteiger partial charge in [0.05, 0.1) is 24.2 Å². The minimum atomic E-state index is -3.58. The first-order chi connectivity index (χ1) is 13.0. The Bertz CT molecular complexity index is 968. The summed E-state index contributed by atoms with van der Waals surface area (Å²) >= 11 is 0. The van der Waals surface area contributed by atoms with E-state index in [-0.39, 0.29) is 10.8 Å². The Morgan fingerprint density at radius 2 is 1.96 bits per heavy atom. The Labute approximate surface area is 158 Å². The van der Waals surface area contributed by atoms with E-state index in [4.69, 9.17) is 4.74 Å². The summed E-state index contributed by atoms with van der Waals surface area (Å²) in [7, 11) is -2.29. The summed E-state index contributed by atoms with van der Waals surface area (Å²) in [5.41, 5.74) is 2.70. The van der Waals surface area contributed by atoms with E-state index in [9.17, 15) is 13.2 Å². The average molecular weight is 387 g/mol. The van der Waals surface area contributed by atoms with Crippen LogP contribution in [-0.4, -0.2) is 45.5 Å². The molecule has 1 fully saturated rings. The van der Waals surface area contributed by atoms with Gasteiger partial charge in [-0.15, -0.1) is 0 Å². The van der Waals surface area contributed by atoms with E-state index in [1.54, 1.807) is 0 Å². The van der Waals surface area contributed by atoms with Gasteiger partial charge in [-0.1, -0.05) is 12.1 Å². The molecule has 2 heterocycles. The second kappa shape index (κ2) is 6.98. The number of benzene rings is 2. The van der Waals surface area contributed by atoms with Crippen LogP contribution in [0.1, 0.15) is 33.8 Å². The number of carbonyl (C=O) groups is 1. The molecule has 4 rings (SSSR count). The summed E-state index contributed by atoms with van der Waals surface area (Å²) in [5, 5.41) is 0. The number of ether oxygens (including phenoxy) is 2. The van der Waals surface area contributed by atoms with Crippen LogP contribution >= 0.6 is 0 Å². The van der Waals surface area contributed by atoms with Crippen molar-refractivity contribution in [1.29, 1.82) is 0 Å². The number of sulfonamides is 1. The SMILES string of the molecule is COC(=O)c1ccc(S(=O)(=O)N2CCC(c3ccc4c(c3)CCO4)C2)cc1. The quantitative estimate of drug-likeness (QED) is 0.754. The third-order valence-corrected chi connectivity index (χ3v) is 7.13. The minimum absolute atomic E-state index is 0.181. The van der Waals surface area contributed by atoms with Gasteiger partial charge in [0, 0.05) is 19.5 Å². The molecule has 0 bridgehead atoms. The van der Waals surface area contributed by atoms with Crippen molar-refractivity contribution in [2.45, 2.75) is 23.7 Å². The highest BCUT2D eigenvalue weighted by molar-refractivity contribution is 7.89. The molecule has 0 amide bonds. The maximum Gasteiger partial charge on any atom is 0.337 e. The second-order valence-electron chi connectivity index (χ2n) is 6.83. The topological polar surface area (TPSA) is 72.9 Å². The fraction of sp³-hybridized carbons (Fsp3) is 0.350. The molecule has 0 aliphatic carbocycles. The van der Waals surface area contributed by atoms with Gasteiger partial charge < -0.3 is 9.47 Å². The van der Waals surface area contributed by atoms with Crippen molar-refractivity contribution in [3.05, 3.63) is 59.2 Å². The number of rotatable bonds is 4. The van der Waals surface area contributed by atoms with Crippen molar-refractivity contribution in [1.82, 2.24) is 4.31 Å². The summed E-state index contributed by atoms with van der Waals surface area (Å²) in [6.45, 7) is 1.66. The molecule has 1 unspecified atom stereocenters. The molecule has 7 heteroatoms. The molecule has 2 aliphatic rings. The smallest absolute Gasteiger partial charge is 0.337 e. The van der Waals surface area contributed by atoms with E-state index in [0.29, 0.717) is 25.3 Å². The first kappa shape index (κ1) is 18.0. The van der Waals surface area contributed by atoms with E-state index in [1.165, 1.54) is 41.2 Å². The zero-order chi connectivity index (χ0) is 19.0. The number of nitrogens with zero attached hydrogens (tertiary/aromatic N) is 1. The summed E-state index contributed by atoms with van der Waals surface area (Å²) < 4.78 is 37.6. The predicted octanol–water partition coefficient (Wildman–Crippen LogP) is 2.59. The first-order valence-corrected chi connectivity index (χ1v) is 10.4. The standard InChI is InChI=1S/C20H21NO5S/c1-25-20(22)14-2-5-18(6-3-14)27(23,24)21-10-8-17(13-21)15-4-7-19-16(12-15)9-11-26-19/h2-7,12,17H,8-11,13H2,1H3. The number of carbonyl (C=O) groups excluding carboxylic acids is 1. The van der Waals surface area contributed by atoms with Gasteiger partial charge in [-0.05, 0) is 53.8 Å². The van der Waals surface area contributed by atoms with Crippen molar-refractivity contribution in [2.75, 3.05) is 26.8 Å². The number of esters is 1. The molecule has 27 heavy (non-hydrogen) atoms. The Balaban J connectivity index is 1.51. The van der Waals surface area contributed by atoms with Gasteiger partial charge in [0.25, 0.3) is 0 Å². The van der Waals surface area contributed by atoms with E-state index < -0.39 is 16.0 Å². The molecule has 0 N–H and O–H groups in total. The fourth-order valence-electron chi connectivity index (χ4n) is 3.71. The third kappa shape index (κ3) is 3.33. The van der Waals surface area contributed by atoms with Gasteiger partial charge in [-0.25, -0.2) is 13.2 Å². The Kier molecular flexibility index (Phi) is 4.65. The first-order valence-electron chi connectivity index (χ1n) is 8.93. The highest BCUT2D eigenvalue weighted by Crippen LogP contribution is 2.34. The number of hydrogen-bond acceptors (Lipinski definition) is 5. The average Bonchev–Trinajstić information content (AvgIpc) is 3.36. The second-order valence-corrected chi connectivity index (χ2v) is 8.77. The molecular weight excluding hydrogens is 366 g/mol. The summed E-state index contributed by atoms with van der Waals surface area (Å²) in [6, 6.07) is 12.0. The largest absolute Gasteiger partial charge is 0.493 e. The summed E-state index contributed by atoms with van der Waals surface area (Å²) in [6.07, 6.45) is 1.70. The molecule has 1 atom stereocenters. The van der Waals surface area contributed by atoms with Crippen LogP contribution in [0.2, 0.25) is 0 Å².